The molecule has 1 aliphatic heterocycles. The number of fused-ring (bicyclic) bond motifs is 1. The molecule has 1 aromatic heterocycles. The monoisotopic (exact) mass is 243 g/mol. The first-order valence-corrected chi connectivity index (χ1v) is 6.88. The van der Waals surface area contributed by atoms with Gasteiger partial charge in [-0.15, -0.1) is 0 Å². The first-order chi connectivity index (χ1) is 8.78. The van der Waals surface area contributed by atoms with Gasteiger partial charge in [-0.1, -0.05) is 6.07 Å². The highest BCUT2D eigenvalue weighted by atomic mass is 15.2. The molecule has 2 aromatic rings. The summed E-state index contributed by atoms with van der Waals surface area (Å²) in [4.78, 5) is 2.55. The number of benzene rings is 1. The predicted molar refractivity (Wildman–Crippen MR) is 76.5 cm³/mol. The highest BCUT2D eigenvalue weighted by Gasteiger charge is 2.15. The fourth-order valence-electron chi connectivity index (χ4n) is 3.00. The van der Waals surface area contributed by atoms with Gasteiger partial charge in [0.05, 0.1) is 5.52 Å². The summed E-state index contributed by atoms with van der Waals surface area (Å²) in [6.45, 7) is 6.77. The minimum Gasteiger partial charge on any atom is -0.399 e. The number of rotatable bonds is 3. The highest BCUT2D eigenvalue weighted by molar-refractivity contribution is 5.84. The van der Waals surface area contributed by atoms with Crippen molar-refractivity contribution in [3.63, 3.8) is 0 Å². The lowest BCUT2D eigenvalue weighted by Crippen LogP contribution is -2.20. The average molecular weight is 243 g/mol. The van der Waals surface area contributed by atoms with E-state index in [1.54, 1.807) is 0 Å². The van der Waals surface area contributed by atoms with Crippen LogP contribution in [0.25, 0.3) is 10.9 Å². The SMILES string of the molecule is CCn1c(CN2CCCC2)cc2ccc(N)cc21. The zero-order chi connectivity index (χ0) is 12.5. The smallest absolute Gasteiger partial charge is 0.0503 e. The fourth-order valence-corrected chi connectivity index (χ4v) is 3.00. The van der Waals surface area contributed by atoms with E-state index in [4.69, 9.17) is 5.73 Å². The molecule has 0 aliphatic carbocycles. The van der Waals surface area contributed by atoms with E-state index in [0.717, 1.165) is 18.8 Å². The van der Waals surface area contributed by atoms with Crippen LogP contribution >= 0.6 is 0 Å². The van der Waals surface area contributed by atoms with Gasteiger partial charge in [-0.05, 0) is 51.1 Å². The maximum atomic E-state index is 5.90. The van der Waals surface area contributed by atoms with Crippen molar-refractivity contribution < 1.29 is 0 Å². The van der Waals surface area contributed by atoms with E-state index in [-0.39, 0.29) is 0 Å². The summed E-state index contributed by atoms with van der Waals surface area (Å²) in [5, 5.41) is 1.31. The van der Waals surface area contributed by atoms with Crippen LogP contribution < -0.4 is 5.73 Å². The van der Waals surface area contributed by atoms with Crippen LogP contribution in [0.5, 0.6) is 0 Å². The molecule has 0 spiro atoms. The Bertz CT molecular complexity index is 550. The molecule has 0 unspecified atom stereocenters. The van der Waals surface area contributed by atoms with E-state index in [9.17, 15) is 0 Å². The molecule has 3 heteroatoms. The third kappa shape index (κ3) is 1.99. The Kier molecular flexibility index (Phi) is 3.00. The maximum absolute atomic E-state index is 5.90. The van der Waals surface area contributed by atoms with Crippen molar-refractivity contribution in [2.75, 3.05) is 18.8 Å². The van der Waals surface area contributed by atoms with Gasteiger partial charge >= 0.3 is 0 Å². The molecule has 18 heavy (non-hydrogen) atoms. The average Bonchev–Trinajstić information content (AvgIpc) is 2.96. The Morgan fingerprint density at radius 1 is 1.17 bits per heavy atom. The Morgan fingerprint density at radius 2 is 1.94 bits per heavy atom. The van der Waals surface area contributed by atoms with Gasteiger partial charge in [0.1, 0.15) is 0 Å². The lowest BCUT2D eigenvalue weighted by Gasteiger charge is -2.16. The number of nitrogen functional groups attached to an aromatic ring is 1. The Morgan fingerprint density at radius 3 is 2.67 bits per heavy atom. The van der Waals surface area contributed by atoms with Crippen molar-refractivity contribution >= 4 is 16.6 Å². The molecule has 0 radical (unpaired) electrons. The number of aryl methyl sites for hydroxylation is 1. The largest absolute Gasteiger partial charge is 0.399 e. The second-order valence-corrected chi connectivity index (χ2v) is 5.18. The summed E-state index contributed by atoms with van der Waals surface area (Å²) in [6.07, 6.45) is 2.69. The van der Waals surface area contributed by atoms with Crippen LogP contribution in [0.3, 0.4) is 0 Å². The summed E-state index contributed by atoms with van der Waals surface area (Å²) < 4.78 is 2.39. The standard InChI is InChI=1S/C15H21N3/c1-2-18-14(11-17-7-3-4-8-17)9-12-5-6-13(16)10-15(12)18/h5-6,9-10H,2-4,7-8,11,16H2,1H3. The minimum absolute atomic E-state index is 0.850. The normalized spacial score (nSPS) is 16.7. The molecule has 0 atom stereocenters. The number of aromatic nitrogens is 1. The topological polar surface area (TPSA) is 34.2 Å². The molecular formula is C15H21N3. The maximum Gasteiger partial charge on any atom is 0.0503 e. The van der Waals surface area contributed by atoms with E-state index in [1.807, 2.05) is 6.07 Å². The molecule has 3 nitrogen and oxygen atoms in total. The summed E-state index contributed by atoms with van der Waals surface area (Å²) >= 11 is 0. The van der Waals surface area contributed by atoms with E-state index >= 15 is 0 Å². The number of anilines is 1. The molecule has 2 heterocycles. The first-order valence-electron chi connectivity index (χ1n) is 6.88. The van der Waals surface area contributed by atoms with E-state index < -0.39 is 0 Å². The lowest BCUT2D eigenvalue weighted by atomic mass is 10.2. The molecule has 3 rings (SSSR count). The summed E-state index contributed by atoms with van der Waals surface area (Å²) in [5.41, 5.74) is 9.43. The molecule has 0 saturated carbocycles. The van der Waals surface area contributed by atoms with Crippen LogP contribution in [0, 0.1) is 0 Å². The van der Waals surface area contributed by atoms with E-state index in [1.165, 1.54) is 42.5 Å². The second kappa shape index (κ2) is 4.65. The lowest BCUT2D eigenvalue weighted by molar-refractivity contribution is 0.322. The van der Waals surface area contributed by atoms with Gasteiger partial charge in [-0.25, -0.2) is 0 Å². The zero-order valence-corrected chi connectivity index (χ0v) is 11.0. The molecular weight excluding hydrogens is 222 g/mol. The molecule has 0 amide bonds. The quantitative estimate of drug-likeness (QED) is 0.841. The second-order valence-electron chi connectivity index (χ2n) is 5.18. The van der Waals surface area contributed by atoms with E-state index in [2.05, 4.69) is 34.6 Å². The first kappa shape index (κ1) is 11.6. The molecule has 1 fully saturated rings. The molecule has 2 N–H and O–H groups in total. The van der Waals surface area contributed by atoms with Crippen LogP contribution in [-0.4, -0.2) is 22.6 Å². The number of hydrogen-bond acceptors (Lipinski definition) is 2. The van der Waals surface area contributed by atoms with Gasteiger partial charge in [-0.3, -0.25) is 4.90 Å². The zero-order valence-electron chi connectivity index (χ0n) is 11.0. The molecule has 1 saturated heterocycles. The van der Waals surface area contributed by atoms with Crippen LogP contribution in [0.4, 0.5) is 5.69 Å². The Hall–Kier alpha value is -1.48. The van der Waals surface area contributed by atoms with Crippen LogP contribution in [0.2, 0.25) is 0 Å². The summed E-state index contributed by atoms with van der Waals surface area (Å²) in [6, 6.07) is 8.52. The van der Waals surface area contributed by atoms with Crippen molar-refractivity contribution in [3.05, 3.63) is 30.0 Å². The van der Waals surface area contributed by atoms with Crippen LogP contribution in [0.15, 0.2) is 24.3 Å². The van der Waals surface area contributed by atoms with Crippen molar-refractivity contribution in [1.29, 1.82) is 0 Å². The van der Waals surface area contributed by atoms with Crippen molar-refractivity contribution in [2.24, 2.45) is 0 Å². The molecule has 96 valence electrons. The van der Waals surface area contributed by atoms with E-state index in [0.29, 0.717) is 0 Å². The Labute approximate surface area is 108 Å². The van der Waals surface area contributed by atoms with Gasteiger partial charge in [-0.2, -0.15) is 0 Å². The minimum atomic E-state index is 0.850. The Balaban J connectivity index is 1.99. The number of hydrogen-bond donors (Lipinski definition) is 1. The van der Waals surface area contributed by atoms with Gasteiger partial charge in [0.2, 0.25) is 0 Å². The summed E-state index contributed by atoms with van der Waals surface area (Å²) in [5.74, 6) is 0. The molecule has 1 aliphatic rings. The number of likely N-dealkylation sites (tertiary alicyclic amines) is 1. The van der Waals surface area contributed by atoms with Gasteiger partial charge in [0.25, 0.3) is 0 Å². The van der Waals surface area contributed by atoms with Crippen molar-refractivity contribution in [1.82, 2.24) is 9.47 Å². The third-order valence-corrected chi connectivity index (χ3v) is 3.91. The van der Waals surface area contributed by atoms with Crippen LogP contribution in [-0.2, 0) is 13.1 Å². The van der Waals surface area contributed by atoms with Gasteiger partial charge in [0.15, 0.2) is 0 Å². The van der Waals surface area contributed by atoms with Crippen molar-refractivity contribution in [2.45, 2.75) is 32.9 Å². The predicted octanol–water partition coefficient (Wildman–Crippen LogP) is 2.84. The fraction of sp³-hybridized carbons (Fsp3) is 0.467. The number of nitrogens with two attached hydrogens (primary N) is 1. The third-order valence-electron chi connectivity index (χ3n) is 3.91. The highest BCUT2D eigenvalue weighted by Crippen LogP contribution is 2.24. The van der Waals surface area contributed by atoms with Gasteiger partial charge < -0.3 is 10.3 Å². The summed E-state index contributed by atoms with van der Waals surface area (Å²) in [7, 11) is 0. The number of nitrogens with zero attached hydrogens (tertiary/aromatic N) is 2. The van der Waals surface area contributed by atoms with Crippen molar-refractivity contribution in [3.8, 4) is 0 Å². The van der Waals surface area contributed by atoms with Gasteiger partial charge in [0, 0.05) is 29.9 Å². The van der Waals surface area contributed by atoms with Crippen LogP contribution in [0.1, 0.15) is 25.5 Å². The molecule has 0 bridgehead atoms. The molecule has 1 aromatic carbocycles.